The van der Waals surface area contributed by atoms with Gasteiger partial charge in [0.05, 0.1) is 40.5 Å². The fourth-order valence-electron chi connectivity index (χ4n) is 3.59. The highest BCUT2D eigenvalue weighted by Crippen LogP contribution is 2.36. The van der Waals surface area contributed by atoms with Crippen molar-refractivity contribution in [2.24, 2.45) is 0 Å². The number of carbonyl (C=O) groups is 3. The lowest BCUT2D eigenvalue weighted by atomic mass is 10.0. The van der Waals surface area contributed by atoms with E-state index in [0.29, 0.717) is 26.3 Å². The highest BCUT2D eigenvalue weighted by atomic mass is 16.6. The predicted octanol–water partition coefficient (Wildman–Crippen LogP) is 2.18. The van der Waals surface area contributed by atoms with Gasteiger partial charge in [-0.2, -0.15) is 0 Å². The first kappa shape index (κ1) is 18.8. The van der Waals surface area contributed by atoms with Crippen LogP contribution in [-0.4, -0.2) is 53.8 Å². The molecule has 0 radical (unpaired) electrons. The summed E-state index contributed by atoms with van der Waals surface area (Å²) in [5.74, 6) is -1.55. The molecule has 9 nitrogen and oxygen atoms in total. The van der Waals surface area contributed by atoms with Gasteiger partial charge in [0, 0.05) is 24.7 Å². The second kappa shape index (κ2) is 7.10. The summed E-state index contributed by atoms with van der Waals surface area (Å²) in [5, 5.41) is 11.6. The zero-order chi connectivity index (χ0) is 20.7. The number of benzene rings is 2. The largest absolute Gasteiger partial charge is 0.378 e. The molecular formula is C20H17N3O6. The Morgan fingerprint density at radius 2 is 1.66 bits per heavy atom. The van der Waals surface area contributed by atoms with E-state index in [2.05, 4.69) is 0 Å². The Bertz CT molecular complexity index is 1020. The third-order valence-electron chi connectivity index (χ3n) is 5.13. The van der Waals surface area contributed by atoms with E-state index < -0.39 is 22.6 Å². The van der Waals surface area contributed by atoms with Gasteiger partial charge in [-0.15, -0.1) is 0 Å². The summed E-state index contributed by atoms with van der Waals surface area (Å²) in [6.07, 6.45) is 0. The van der Waals surface area contributed by atoms with Crippen LogP contribution >= 0.6 is 0 Å². The summed E-state index contributed by atoms with van der Waals surface area (Å²) in [5.41, 5.74) is 0.366. The highest BCUT2D eigenvalue weighted by Gasteiger charge is 2.39. The number of amides is 3. The van der Waals surface area contributed by atoms with E-state index in [1.54, 1.807) is 12.1 Å². The second-order valence-corrected chi connectivity index (χ2v) is 6.79. The summed E-state index contributed by atoms with van der Waals surface area (Å²) in [7, 11) is 0. The zero-order valence-corrected chi connectivity index (χ0v) is 15.6. The maximum atomic E-state index is 12.9. The van der Waals surface area contributed by atoms with E-state index in [0.717, 1.165) is 4.90 Å². The molecule has 2 heterocycles. The molecule has 2 aromatic carbocycles. The molecule has 0 atom stereocenters. The lowest BCUT2D eigenvalue weighted by Gasteiger charge is -2.27. The zero-order valence-electron chi connectivity index (χ0n) is 15.6. The van der Waals surface area contributed by atoms with E-state index >= 15 is 0 Å². The molecule has 0 spiro atoms. The van der Waals surface area contributed by atoms with Gasteiger partial charge < -0.3 is 9.64 Å². The minimum Gasteiger partial charge on any atom is -0.378 e. The molecule has 1 saturated heterocycles. The van der Waals surface area contributed by atoms with E-state index in [9.17, 15) is 24.5 Å². The molecule has 2 aliphatic heterocycles. The van der Waals surface area contributed by atoms with Crippen LogP contribution in [0.25, 0.3) is 0 Å². The molecule has 0 N–H and O–H groups in total. The van der Waals surface area contributed by atoms with Gasteiger partial charge >= 0.3 is 0 Å². The molecule has 2 aromatic rings. The number of nitrogens with zero attached hydrogens (tertiary/aromatic N) is 3. The van der Waals surface area contributed by atoms with Gasteiger partial charge in [0.25, 0.3) is 23.4 Å². The summed E-state index contributed by atoms with van der Waals surface area (Å²) in [6, 6.07) is 8.91. The van der Waals surface area contributed by atoms with Crippen molar-refractivity contribution in [2.75, 3.05) is 31.2 Å². The van der Waals surface area contributed by atoms with Crippen molar-refractivity contribution in [1.82, 2.24) is 4.90 Å². The van der Waals surface area contributed by atoms with Crippen molar-refractivity contribution in [1.29, 1.82) is 0 Å². The molecule has 0 aliphatic carbocycles. The fraction of sp³-hybridized carbons (Fsp3) is 0.250. The number of nitro groups is 1. The third-order valence-corrected chi connectivity index (χ3v) is 5.13. The van der Waals surface area contributed by atoms with E-state index in [4.69, 9.17) is 4.74 Å². The summed E-state index contributed by atoms with van der Waals surface area (Å²) >= 11 is 0. The number of rotatable bonds is 3. The summed E-state index contributed by atoms with van der Waals surface area (Å²) in [4.78, 5) is 52.0. The SMILES string of the molecule is Cc1c(N2C(=O)c3ccccc3C2=O)cc(C(=O)N2CCOCC2)cc1[N+](=O)[O-]. The van der Waals surface area contributed by atoms with Crippen molar-refractivity contribution in [3.05, 3.63) is 68.8 Å². The van der Waals surface area contributed by atoms with Crippen molar-refractivity contribution >= 4 is 29.1 Å². The van der Waals surface area contributed by atoms with Crippen molar-refractivity contribution in [3.8, 4) is 0 Å². The maximum absolute atomic E-state index is 12.9. The van der Waals surface area contributed by atoms with Crippen LogP contribution in [0.1, 0.15) is 36.6 Å². The number of morpholine rings is 1. The van der Waals surface area contributed by atoms with Crippen LogP contribution in [-0.2, 0) is 4.74 Å². The number of imide groups is 1. The Labute approximate surface area is 165 Å². The van der Waals surface area contributed by atoms with Crippen LogP contribution in [0.2, 0.25) is 0 Å². The first-order valence-corrected chi connectivity index (χ1v) is 9.04. The number of hydrogen-bond donors (Lipinski definition) is 0. The average Bonchev–Trinajstić information content (AvgIpc) is 2.99. The minimum absolute atomic E-state index is 0.0435. The lowest BCUT2D eigenvalue weighted by Crippen LogP contribution is -2.40. The van der Waals surface area contributed by atoms with Gasteiger partial charge in [0.15, 0.2) is 0 Å². The van der Waals surface area contributed by atoms with Crippen molar-refractivity contribution in [3.63, 3.8) is 0 Å². The number of anilines is 1. The molecule has 0 saturated carbocycles. The standard InChI is InChI=1S/C20H17N3O6/c1-12-16(22-19(25)14-4-2-3-5-15(14)20(22)26)10-13(11-17(12)23(27)28)18(24)21-6-8-29-9-7-21/h2-5,10-11H,6-9H2,1H3. The lowest BCUT2D eigenvalue weighted by molar-refractivity contribution is -0.385. The minimum atomic E-state index is -0.618. The number of nitro benzene ring substituents is 1. The van der Waals surface area contributed by atoms with Crippen molar-refractivity contribution < 1.29 is 24.0 Å². The Hall–Kier alpha value is -3.59. The molecule has 148 valence electrons. The normalized spacial score (nSPS) is 16.2. The van der Waals surface area contributed by atoms with Crippen LogP contribution < -0.4 is 4.90 Å². The number of fused-ring (bicyclic) bond motifs is 1. The first-order valence-electron chi connectivity index (χ1n) is 9.04. The first-order chi connectivity index (χ1) is 13.9. The smallest absolute Gasteiger partial charge is 0.275 e. The van der Waals surface area contributed by atoms with Gasteiger partial charge in [-0.05, 0) is 25.1 Å². The Balaban J connectivity index is 1.82. The fourth-order valence-corrected chi connectivity index (χ4v) is 3.59. The topological polar surface area (TPSA) is 110 Å². The number of hydrogen-bond acceptors (Lipinski definition) is 6. The quantitative estimate of drug-likeness (QED) is 0.448. The number of carbonyl (C=O) groups excluding carboxylic acids is 3. The van der Waals surface area contributed by atoms with E-state index in [-0.39, 0.29) is 33.6 Å². The number of ether oxygens (including phenoxy) is 1. The van der Waals surface area contributed by atoms with Crippen LogP contribution in [0.4, 0.5) is 11.4 Å². The molecule has 3 amide bonds. The Morgan fingerprint density at radius 3 is 2.21 bits per heavy atom. The molecule has 1 fully saturated rings. The monoisotopic (exact) mass is 395 g/mol. The predicted molar refractivity (Wildman–Crippen MR) is 102 cm³/mol. The molecule has 2 aliphatic rings. The molecule has 9 heteroatoms. The van der Waals surface area contributed by atoms with Crippen LogP contribution in [0, 0.1) is 17.0 Å². The molecule has 0 bridgehead atoms. The highest BCUT2D eigenvalue weighted by molar-refractivity contribution is 6.34. The molecule has 0 unspecified atom stereocenters. The Kier molecular flexibility index (Phi) is 4.59. The van der Waals surface area contributed by atoms with Gasteiger partial charge in [0.1, 0.15) is 0 Å². The molecule has 4 rings (SSSR count). The third kappa shape index (κ3) is 3.05. The second-order valence-electron chi connectivity index (χ2n) is 6.79. The molecule has 0 aromatic heterocycles. The Morgan fingerprint density at radius 1 is 1.07 bits per heavy atom. The summed E-state index contributed by atoms with van der Waals surface area (Å²) < 4.78 is 5.24. The summed E-state index contributed by atoms with van der Waals surface area (Å²) in [6.45, 7) is 2.95. The molecule has 29 heavy (non-hydrogen) atoms. The van der Waals surface area contributed by atoms with Gasteiger partial charge in [-0.1, -0.05) is 12.1 Å². The van der Waals surface area contributed by atoms with Gasteiger partial charge in [-0.25, -0.2) is 4.90 Å². The molecular weight excluding hydrogens is 378 g/mol. The van der Waals surface area contributed by atoms with E-state index in [1.165, 1.54) is 36.1 Å². The van der Waals surface area contributed by atoms with Crippen LogP contribution in [0.5, 0.6) is 0 Å². The van der Waals surface area contributed by atoms with Crippen LogP contribution in [0.15, 0.2) is 36.4 Å². The maximum Gasteiger partial charge on any atom is 0.275 e. The average molecular weight is 395 g/mol. The van der Waals surface area contributed by atoms with Gasteiger partial charge in [0.2, 0.25) is 0 Å². The van der Waals surface area contributed by atoms with E-state index in [1.807, 2.05) is 0 Å². The van der Waals surface area contributed by atoms with Gasteiger partial charge in [-0.3, -0.25) is 24.5 Å². The van der Waals surface area contributed by atoms with Crippen molar-refractivity contribution in [2.45, 2.75) is 6.92 Å². The van der Waals surface area contributed by atoms with Crippen LogP contribution in [0.3, 0.4) is 0 Å².